The van der Waals surface area contributed by atoms with Crippen molar-refractivity contribution < 1.29 is 23.8 Å². The molecule has 0 N–H and O–H groups in total. The largest absolute Gasteiger partial charge is 0.497 e. The maximum Gasteiger partial charge on any atom is 0.309 e. The number of thioether (sulfide) groups is 1. The first-order chi connectivity index (χ1) is 12.1. The topological polar surface area (TPSA) is 65.1 Å². The Bertz CT molecular complexity index is 643. The molecule has 1 aliphatic heterocycles. The molecule has 25 heavy (non-hydrogen) atoms. The molecule has 1 amide bonds. The van der Waals surface area contributed by atoms with Crippen molar-refractivity contribution >= 4 is 23.6 Å². The third kappa shape index (κ3) is 3.86. The zero-order chi connectivity index (χ0) is 18.0. The lowest BCUT2D eigenvalue weighted by atomic mass is 10.1. The highest BCUT2D eigenvalue weighted by molar-refractivity contribution is 8.01. The van der Waals surface area contributed by atoms with Gasteiger partial charge < -0.3 is 19.1 Å². The Hall–Kier alpha value is -1.89. The normalized spacial score (nSPS) is 25.0. The van der Waals surface area contributed by atoms with E-state index in [1.807, 2.05) is 24.0 Å². The molecule has 1 aromatic rings. The van der Waals surface area contributed by atoms with Crippen molar-refractivity contribution in [3.8, 4) is 11.5 Å². The van der Waals surface area contributed by atoms with Crippen molar-refractivity contribution in [1.82, 2.24) is 4.90 Å². The third-order valence-electron chi connectivity index (χ3n) is 4.56. The van der Waals surface area contributed by atoms with E-state index in [1.165, 1.54) is 0 Å². The number of ether oxygens (including phenoxy) is 3. The Morgan fingerprint density at radius 2 is 1.92 bits per heavy atom. The summed E-state index contributed by atoms with van der Waals surface area (Å²) in [5.74, 6) is 1.91. The molecule has 3 atom stereocenters. The number of methoxy groups -OCH3 is 2. The fourth-order valence-electron chi connectivity index (χ4n) is 3.21. The van der Waals surface area contributed by atoms with Crippen molar-refractivity contribution in [3.05, 3.63) is 23.8 Å². The second-order valence-corrected chi connectivity index (χ2v) is 7.31. The minimum Gasteiger partial charge on any atom is -0.497 e. The molecule has 3 unspecified atom stereocenters. The van der Waals surface area contributed by atoms with Crippen LogP contribution in [0.3, 0.4) is 0 Å². The van der Waals surface area contributed by atoms with Gasteiger partial charge >= 0.3 is 5.97 Å². The predicted octanol–water partition coefficient (Wildman–Crippen LogP) is 2.30. The first-order valence-corrected chi connectivity index (χ1v) is 9.42. The van der Waals surface area contributed by atoms with Crippen molar-refractivity contribution in [2.24, 2.45) is 11.8 Å². The van der Waals surface area contributed by atoms with E-state index in [-0.39, 0.29) is 29.1 Å². The maximum absolute atomic E-state index is 12.4. The SMILES string of the molecule is CCOC(=O)C1CC1C1SCC(=O)N1Cc1cc(OC)cc(OC)c1. The zero-order valence-electron chi connectivity index (χ0n) is 14.7. The van der Waals surface area contributed by atoms with Crippen LogP contribution >= 0.6 is 11.8 Å². The lowest BCUT2D eigenvalue weighted by Gasteiger charge is -2.24. The van der Waals surface area contributed by atoms with E-state index in [0.29, 0.717) is 30.4 Å². The summed E-state index contributed by atoms with van der Waals surface area (Å²) < 4.78 is 15.7. The number of carbonyl (C=O) groups is 2. The van der Waals surface area contributed by atoms with E-state index in [9.17, 15) is 9.59 Å². The summed E-state index contributed by atoms with van der Waals surface area (Å²) in [5, 5.41) is 0.0269. The minimum atomic E-state index is -0.143. The number of rotatable bonds is 7. The molecule has 1 saturated carbocycles. The van der Waals surface area contributed by atoms with Gasteiger partial charge in [0.2, 0.25) is 5.91 Å². The Kier molecular flexibility index (Phi) is 5.42. The molecule has 2 aliphatic rings. The molecule has 7 heteroatoms. The van der Waals surface area contributed by atoms with Crippen LogP contribution in [-0.4, -0.2) is 48.7 Å². The Labute approximate surface area is 151 Å². The highest BCUT2D eigenvalue weighted by Gasteiger charge is 2.53. The molecule has 0 bridgehead atoms. The van der Waals surface area contributed by atoms with Crippen LogP contribution in [0.1, 0.15) is 18.9 Å². The van der Waals surface area contributed by atoms with Gasteiger partial charge in [-0.05, 0) is 31.0 Å². The third-order valence-corrected chi connectivity index (χ3v) is 5.92. The Morgan fingerprint density at radius 1 is 1.24 bits per heavy atom. The Morgan fingerprint density at radius 3 is 2.52 bits per heavy atom. The fraction of sp³-hybridized carbons (Fsp3) is 0.556. The highest BCUT2D eigenvalue weighted by atomic mass is 32.2. The molecule has 0 aromatic heterocycles. The fourth-order valence-corrected chi connectivity index (χ4v) is 4.61. The summed E-state index contributed by atoms with van der Waals surface area (Å²) in [6, 6.07) is 5.62. The monoisotopic (exact) mass is 365 g/mol. The van der Waals surface area contributed by atoms with Crippen LogP contribution < -0.4 is 9.47 Å². The predicted molar refractivity (Wildman–Crippen MR) is 94.6 cm³/mol. The lowest BCUT2D eigenvalue weighted by molar-refractivity contribution is -0.145. The van der Waals surface area contributed by atoms with E-state index in [2.05, 4.69) is 0 Å². The van der Waals surface area contributed by atoms with Crippen LogP contribution in [0.15, 0.2) is 18.2 Å². The van der Waals surface area contributed by atoms with Crippen LogP contribution in [0.5, 0.6) is 11.5 Å². The van der Waals surface area contributed by atoms with Gasteiger partial charge in [0.05, 0.1) is 37.9 Å². The molecular weight excluding hydrogens is 342 g/mol. The number of amides is 1. The zero-order valence-corrected chi connectivity index (χ0v) is 15.5. The number of carbonyl (C=O) groups excluding carboxylic acids is 2. The molecule has 0 radical (unpaired) electrons. The maximum atomic E-state index is 12.4. The van der Waals surface area contributed by atoms with Gasteiger partial charge in [0.15, 0.2) is 0 Å². The quantitative estimate of drug-likeness (QED) is 0.691. The van der Waals surface area contributed by atoms with Crippen LogP contribution in [0.2, 0.25) is 0 Å². The van der Waals surface area contributed by atoms with Gasteiger partial charge in [-0.3, -0.25) is 9.59 Å². The summed E-state index contributed by atoms with van der Waals surface area (Å²) in [5.41, 5.74) is 0.949. The molecule has 2 fully saturated rings. The van der Waals surface area contributed by atoms with Crippen molar-refractivity contribution in [1.29, 1.82) is 0 Å². The molecule has 1 saturated heterocycles. The van der Waals surface area contributed by atoms with Crippen LogP contribution in [0.25, 0.3) is 0 Å². The summed E-state index contributed by atoms with van der Waals surface area (Å²) in [6.07, 6.45) is 0.793. The summed E-state index contributed by atoms with van der Waals surface area (Å²) in [7, 11) is 3.21. The van der Waals surface area contributed by atoms with Crippen molar-refractivity contribution in [2.75, 3.05) is 26.6 Å². The molecule has 0 spiro atoms. The molecular formula is C18H23NO5S. The average molecular weight is 365 g/mol. The van der Waals surface area contributed by atoms with Gasteiger partial charge in [0.25, 0.3) is 0 Å². The standard InChI is InChI=1S/C18H23NO5S/c1-4-24-18(21)15-8-14(15)17-19(16(20)10-25-17)9-11-5-12(22-2)7-13(6-11)23-3/h5-7,14-15,17H,4,8-10H2,1-3H3. The van der Waals surface area contributed by atoms with Gasteiger partial charge in [0.1, 0.15) is 11.5 Å². The summed E-state index contributed by atoms with van der Waals surface area (Å²) in [4.78, 5) is 26.1. The molecule has 1 aromatic carbocycles. The van der Waals surface area contributed by atoms with E-state index in [1.54, 1.807) is 32.0 Å². The molecule has 1 aliphatic carbocycles. The molecule has 1 heterocycles. The second-order valence-electron chi connectivity index (χ2n) is 6.20. The van der Waals surface area contributed by atoms with Crippen LogP contribution in [0.4, 0.5) is 0 Å². The minimum absolute atomic E-state index is 0.0269. The van der Waals surface area contributed by atoms with Crippen LogP contribution in [0, 0.1) is 11.8 Å². The van der Waals surface area contributed by atoms with Crippen molar-refractivity contribution in [2.45, 2.75) is 25.3 Å². The van der Waals surface area contributed by atoms with Crippen LogP contribution in [-0.2, 0) is 20.9 Å². The Balaban J connectivity index is 1.72. The van der Waals surface area contributed by atoms with E-state index in [4.69, 9.17) is 14.2 Å². The van der Waals surface area contributed by atoms with Gasteiger partial charge in [-0.1, -0.05) is 0 Å². The first kappa shape index (κ1) is 17.9. The number of nitrogens with zero attached hydrogens (tertiary/aromatic N) is 1. The van der Waals surface area contributed by atoms with E-state index < -0.39 is 0 Å². The molecule has 3 rings (SSSR count). The van der Waals surface area contributed by atoms with E-state index >= 15 is 0 Å². The second kappa shape index (κ2) is 7.56. The highest BCUT2D eigenvalue weighted by Crippen LogP contribution is 2.50. The molecule has 6 nitrogen and oxygen atoms in total. The average Bonchev–Trinajstić information content (AvgIpc) is 3.34. The molecule has 136 valence electrons. The van der Waals surface area contributed by atoms with Gasteiger partial charge in [-0.2, -0.15) is 0 Å². The number of hydrogen-bond donors (Lipinski definition) is 0. The smallest absolute Gasteiger partial charge is 0.309 e. The van der Waals surface area contributed by atoms with Gasteiger partial charge in [-0.15, -0.1) is 11.8 Å². The van der Waals surface area contributed by atoms with E-state index in [0.717, 1.165) is 12.0 Å². The first-order valence-electron chi connectivity index (χ1n) is 8.37. The van der Waals surface area contributed by atoms with Gasteiger partial charge in [0, 0.05) is 18.5 Å². The number of hydrogen-bond acceptors (Lipinski definition) is 6. The van der Waals surface area contributed by atoms with Gasteiger partial charge in [-0.25, -0.2) is 0 Å². The number of esters is 1. The lowest BCUT2D eigenvalue weighted by Crippen LogP contribution is -2.34. The summed E-state index contributed by atoms with van der Waals surface area (Å²) >= 11 is 1.61. The number of benzene rings is 1. The van der Waals surface area contributed by atoms with Crippen molar-refractivity contribution in [3.63, 3.8) is 0 Å². The summed E-state index contributed by atoms with van der Waals surface area (Å²) in [6.45, 7) is 2.69.